The Labute approximate surface area is 256 Å². The number of ether oxygens (including phenoxy) is 2. The SMILES string of the molecule is CCC(=CCC(O)C(C)C=C(C)C=CC=CC(=O)NC(C(=O)NC=CCC(CC=C(C)Cl)OC(N)=O)C(C)(C)C)OC. The van der Waals surface area contributed by atoms with Crippen molar-refractivity contribution in [2.45, 2.75) is 92.4 Å². The fourth-order valence-corrected chi connectivity index (χ4v) is 3.82. The third-order valence-corrected chi connectivity index (χ3v) is 6.30. The van der Waals surface area contributed by atoms with Crippen LogP contribution in [0.1, 0.15) is 74.1 Å². The van der Waals surface area contributed by atoms with Crippen LogP contribution in [0.2, 0.25) is 0 Å². The van der Waals surface area contributed by atoms with Crippen LogP contribution < -0.4 is 16.4 Å². The first-order valence-electron chi connectivity index (χ1n) is 14.1. The molecule has 0 radical (unpaired) electrons. The van der Waals surface area contributed by atoms with Gasteiger partial charge >= 0.3 is 6.09 Å². The van der Waals surface area contributed by atoms with E-state index in [4.69, 9.17) is 26.8 Å². The zero-order valence-electron chi connectivity index (χ0n) is 26.3. The molecule has 0 aromatic carbocycles. The number of rotatable bonds is 17. The number of hydrogen-bond donors (Lipinski definition) is 4. The number of halogens is 1. The van der Waals surface area contributed by atoms with Crippen molar-refractivity contribution in [3.05, 3.63) is 71.2 Å². The van der Waals surface area contributed by atoms with Gasteiger partial charge in [0.2, 0.25) is 11.8 Å². The van der Waals surface area contributed by atoms with Crippen LogP contribution in [-0.4, -0.2) is 48.4 Å². The number of amides is 3. The molecule has 0 spiro atoms. The molecule has 0 saturated heterocycles. The molecule has 5 N–H and O–H groups in total. The van der Waals surface area contributed by atoms with Gasteiger partial charge in [-0.2, -0.15) is 0 Å². The summed E-state index contributed by atoms with van der Waals surface area (Å²) in [5, 5.41) is 16.4. The molecule has 0 aliphatic heterocycles. The molecule has 4 atom stereocenters. The van der Waals surface area contributed by atoms with Gasteiger partial charge in [0.1, 0.15) is 12.1 Å². The van der Waals surface area contributed by atoms with Crippen LogP contribution in [0.5, 0.6) is 0 Å². The first-order chi connectivity index (χ1) is 19.6. The smallest absolute Gasteiger partial charge is 0.404 e. The highest BCUT2D eigenvalue weighted by Crippen LogP contribution is 2.20. The minimum Gasteiger partial charge on any atom is -0.501 e. The summed E-state index contributed by atoms with van der Waals surface area (Å²) in [5.41, 5.74) is 5.50. The molecule has 4 unspecified atom stereocenters. The highest BCUT2D eigenvalue weighted by molar-refractivity contribution is 6.29. The van der Waals surface area contributed by atoms with Gasteiger partial charge in [0.25, 0.3) is 0 Å². The summed E-state index contributed by atoms with van der Waals surface area (Å²) < 4.78 is 10.3. The largest absolute Gasteiger partial charge is 0.501 e. The number of nitrogens with one attached hydrogen (secondary N) is 2. The van der Waals surface area contributed by atoms with Gasteiger partial charge in [0, 0.05) is 36.3 Å². The van der Waals surface area contributed by atoms with Crippen LogP contribution in [0, 0.1) is 11.3 Å². The number of aliphatic hydroxyl groups excluding tert-OH is 1. The van der Waals surface area contributed by atoms with Crippen LogP contribution in [0.25, 0.3) is 0 Å². The fourth-order valence-electron chi connectivity index (χ4n) is 3.73. The lowest BCUT2D eigenvalue weighted by Gasteiger charge is -2.29. The molecule has 236 valence electrons. The van der Waals surface area contributed by atoms with Gasteiger partial charge in [-0.3, -0.25) is 9.59 Å². The summed E-state index contributed by atoms with van der Waals surface area (Å²) in [6.45, 7) is 13.1. The standard InChI is InChI=1S/C32H50ClN3O6/c1-9-25(41-8)18-19-27(37)23(3)21-22(2)13-10-11-15-28(38)36-29(32(5,6)7)30(39)35-20-12-14-26(42-31(34)40)17-16-24(4)33/h10-13,15-16,18,20-21,23,26-27,29,37H,9,14,17,19H2,1-8H3,(H2,34,40)(H,35,39)(H,36,38). The van der Waals surface area contributed by atoms with Crippen molar-refractivity contribution in [2.75, 3.05) is 7.11 Å². The van der Waals surface area contributed by atoms with Crippen molar-refractivity contribution in [3.63, 3.8) is 0 Å². The molecule has 0 bridgehead atoms. The van der Waals surface area contributed by atoms with Gasteiger partial charge in [-0.1, -0.05) is 88.2 Å². The minimum atomic E-state index is -0.896. The maximum Gasteiger partial charge on any atom is 0.404 e. The fraction of sp³-hybridized carbons (Fsp3) is 0.531. The number of allylic oxidation sites excluding steroid dienone is 6. The summed E-state index contributed by atoms with van der Waals surface area (Å²) in [7, 11) is 1.62. The quantitative estimate of drug-likeness (QED) is 0.0919. The van der Waals surface area contributed by atoms with Crippen LogP contribution >= 0.6 is 11.6 Å². The number of aliphatic hydroxyl groups is 1. The molecule has 0 heterocycles. The molecular weight excluding hydrogens is 558 g/mol. The second-order valence-corrected chi connectivity index (χ2v) is 11.7. The summed E-state index contributed by atoms with van der Waals surface area (Å²) in [5.74, 6) is -0.0296. The first-order valence-corrected chi connectivity index (χ1v) is 14.5. The predicted molar refractivity (Wildman–Crippen MR) is 169 cm³/mol. The van der Waals surface area contributed by atoms with E-state index in [9.17, 15) is 19.5 Å². The normalized spacial score (nSPS) is 16.4. The van der Waals surface area contributed by atoms with Crippen LogP contribution in [0.15, 0.2) is 71.2 Å². The molecule has 10 heteroatoms. The molecule has 0 rings (SSSR count). The molecular formula is C32H50ClN3O6. The van der Waals surface area contributed by atoms with E-state index in [0.29, 0.717) is 24.3 Å². The Bertz CT molecular complexity index is 1040. The summed E-state index contributed by atoms with van der Waals surface area (Å²) >= 11 is 5.84. The second kappa shape index (κ2) is 20.6. The van der Waals surface area contributed by atoms with E-state index >= 15 is 0 Å². The van der Waals surface area contributed by atoms with E-state index in [1.165, 1.54) is 12.3 Å². The number of methoxy groups -OCH3 is 1. The summed E-state index contributed by atoms with van der Waals surface area (Å²) in [6.07, 6.45) is 15.2. The van der Waals surface area contributed by atoms with Gasteiger partial charge in [0.15, 0.2) is 0 Å². The van der Waals surface area contributed by atoms with Crippen LogP contribution in [-0.2, 0) is 19.1 Å². The highest BCUT2D eigenvalue weighted by Gasteiger charge is 2.31. The van der Waals surface area contributed by atoms with E-state index in [-0.39, 0.29) is 5.92 Å². The highest BCUT2D eigenvalue weighted by atomic mass is 35.5. The topological polar surface area (TPSA) is 140 Å². The number of primary amides is 1. The van der Waals surface area contributed by atoms with Crippen molar-refractivity contribution in [1.82, 2.24) is 10.6 Å². The Morgan fingerprint density at radius 2 is 1.69 bits per heavy atom. The monoisotopic (exact) mass is 607 g/mol. The van der Waals surface area contributed by atoms with Gasteiger partial charge in [0.05, 0.1) is 19.0 Å². The Morgan fingerprint density at radius 1 is 1.05 bits per heavy atom. The van der Waals surface area contributed by atoms with Crippen LogP contribution in [0.4, 0.5) is 4.79 Å². The van der Waals surface area contributed by atoms with Crippen molar-refractivity contribution in [2.24, 2.45) is 17.1 Å². The van der Waals surface area contributed by atoms with Crippen molar-refractivity contribution < 1.29 is 29.0 Å². The third kappa shape index (κ3) is 18.2. The maximum atomic E-state index is 12.9. The van der Waals surface area contributed by atoms with E-state index in [1.54, 1.807) is 38.3 Å². The summed E-state index contributed by atoms with van der Waals surface area (Å²) in [4.78, 5) is 36.6. The van der Waals surface area contributed by atoms with Gasteiger partial charge in [-0.15, -0.1) is 0 Å². The number of carbonyl (C=O) groups is 3. The van der Waals surface area contributed by atoms with E-state index in [2.05, 4.69) is 10.6 Å². The lowest BCUT2D eigenvalue weighted by molar-refractivity contribution is -0.129. The number of carbonyl (C=O) groups excluding carboxylic acids is 3. The molecule has 0 aliphatic carbocycles. The van der Waals surface area contributed by atoms with Gasteiger partial charge in [-0.25, -0.2) is 4.79 Å². The molecule has 0 fully saturated rings. The van der Waals surface area contributed by atoms with E-state index in [1.807, 2.05) is 59.8 Å². The molecule has 0 aromatic heterocycles. The molecule has 0 aromatic rings. The van der Waals surface area contributed by atoms with Crippen LogP contribution in [0.3, 0.4) is 0 Å². The Morgan fingerprint density at radius 3 is 2.24 bits per heavy atom. The molecule has 42 heavy (non-hydrogen) atoms. The Hall–Kier alpha value is -3.30. The number of hydrogen-bond acceptors (Lipinski definition) is 6. The van der Waals surface area contributed by atoms with E-state index < -0.39 is 41.6 Å². The Balaban J connectivity index is 5.10. The molecule has 9 nitrogen and oxygen atoms in total. The molecule has 0 aliphatic rings. The van der Waals surface area contributed by atoms with Crippen molar-refractivity contribution >= 4 is 29.5 Å². The number of nitrogens with two attached hydrogens (primary N) is 1. The van der Waals surface area contributed by atoms with Crippen molar-refractivity contribution in [1.29, 1.82) is 0 Å². The predicted octanol–water partition coefficient (Wildman–Crippen LogP) is 5.92. The first kappa shape index (κ1) is 38.7. The van der Waals surface area contributed by atoms with Crippen molar-refractivity contribution in [3.8, 4) is 0 Å². The average molecular weight is 608 g/mol. The average Bonchev–Trinajstić information content (AvgIpc) is 2.89. The second-order valence-electron chi connectivity index (χ2n) is 11.1. The van der Waals surface area contributed by atoms with E-state index in [0.717, 1.165) is 17.8 Å². The Kier molecular flexibility index (Phi) is 18.9. The molecule has 0 saturated carbocycles. The zero-order chi connectivity index (χ0) is 32.3. The van der Waals surface area contributed by atoms with Gasteiger partial charge < -0.3 is 30.9 Å². The zero-order valence-corrected chi connectivity index (χ0v) is 27.0. The third-order valence-electron chi connectivity index (χ3n) is 6.15. The molecule has 3 amide bonds. The summed E-state index contributed by atoms with van der Waals surface area (Å²) in [6, 6.07) is -0.813. The maximum absolute atomic E-state index is 12.9. The lowest BCUT2D eigenvalue weighted by Crippen LogP contribution is -2.52. The lowest BCUT2D eigenvalue weighted by atomic mass is 9.86. The van der Waals surface area contributed by atoms with Gasteiger partial charge in [-0.05, 0) is 38.0 Å². The minimum absolute atomic E-state index is 0.0681.